The van der Waals surface area contributed by atoms with Gasteiger partial charge in [-0.3, -0.25) is 4.79 Å². The summed E-state index contributed by atoms with van der Waals surface area (Å²) in [6.07, 6.45) is -0.464. The SMILES string of the molecule is Nc1cccc(/C=C/C(=O)N(CC(F)(F)F)C2CC2)c1. The van der Waals surface area contributed by atoms with Crippen LogP contribution in [0.25, 0.3) is 6.08 Å². The Kier molecular flexibility index (Phi) is 4.01. The van der Waals surface area contributed by atoms with Crippen molar-refractivity contribution in [1.29, 1.82) is 0 Å². The van der Waals surface area contributed by atoms with Crippen molar-refractivity contribution < 1.29 is 18.0 Å². The van der Waals surface area contributed by atoms with Gasteiger partial charge in [-0.25, -0.2) is 0 Å². The minimum atomic E-state index is -4.37. The quantitative estimate of drug-likeness (QED) is 0.682. The Bertz CT molecular complexity index is 521. The predicted octanol–water partition coefficient (Wildman–Crippen LogP) is 2.84. The van der Waals surface area contributed by atoms with Gasteiger partial charge in [0.2, 0.25) is 5.91 Å². The van der Waals surface area contributed by atoms with Crippen LogP contribution in [0.15, 0.2) is 30.3 Å². The fourth-order valence-corrected chi connectivity index (χ4v) is 1.89. The molecule has 0 spiro atoms. The lowest BCUT2D eigenvalue weighted by Gasteiger charge is -2.22. The molecular formula is C14H15F3N2O. The first-order valence-corrected chi connectivity index (χ1v) is 6.26. The lowest BCUT2D eigenvalue weighted by molar-refractivity contribution is -0.159. The van der Waals surface area contributed by atoms with Gasteiger partial charge in [0, 0.05) is 17.8 Å². The Morgan fingerprint density at radius 2 is 2.10 bits per heavy atom. The molecule has 1 aromatic rings. The van der Waals surface area contributed by atoms with E-state index in [0.717, 1.165) is 4.90 Å². The number of nitrogens with zero attached hydrogens (tertiary/aromatic N) is 1. The van der Waals surface area contributed by atoms with E-state index in [1.165, 1.54) is 12.2 Å². The molecule has 1 amide bonds. The normalized spacial score (nSPS) is 15.6. The molecular weight excluding hydrogens is 269 g/mol. The zero-order chi connectivity index (χ0) is 14.8. The second-order valence-electron chi connectivity index (χ2n) is 4.82. The molecule has 1 aliphatic carbocycles. The molecule has 20 heavy (non-hydrogen) atoms. The van der Waals surface area contributed by atoms with Crippen molar-refractivity contribution in [1.82, 2.24) is 4.90 Å². The number of carbonyl (C=O) groups excluding carboxylic acids is 1. The first-order chi connectivity index (χ1) is 9.35. The van der Waals surface area contributed by atoms with E-state index in [1.807, 2.05) is 0 Å². The van der Waals surface area contributed by atoms with Gasteiger partial charge in [-0.05, 0) is 36.6 Å². The first-order valence-electron chi connectivity index (χ1n) is 6.26. The zero-order valence-corrected chi connectivity index (χ0v) is 10.7. The van der Waals surface area contributed by atoms with Gasteiger partial charge in [0.25, 0.3) is 0 Å². The Labute approximate surface area is 114 Å². The van der Waals surface area contributed by atoms with Crippen molar-refractivity contribution in [3.63, 3.8) is 0 Å². The molecule has 0 aliphatic heterocycles. The first kappa shape index (κ1) is 14.4. The fraction of sp³-hybridized carbons (Fsp3) is 0.357. The molecule has 1 aliphatic rings. The number of anilines is 1. The van der Waals surface area contributed by atoms with Gasteiger partial charge >= 0.3 is 6.18 Å². The standard InChI is InChI=1S/C14H15F3N2O/c15-14(16,17)9-19(12-5-6-12)13(20)7-4-10-2-1-3-11(18)8-10/h1-4,7-8,12H,5-6,9,18H2/b7-4+. The fourth-order valence-electron chi connectivity index (χ4n) is 1.89. The lowest BCUT2D eigenvalue weighted by atomic mass is 10.2. The summed E-state index contributed by atoms with van der Waals surface area (Å²) < 4.78 is 37.3. The van der Waals surface area contributed by atoms with Crippen LogP contribution >= 0.6 is 0 Å². The van der Waals surface area contributed by atoms with Crippen LogP contribution in [0.1, 0.15) is 18.4 Å². The number of hydrogen-bond acceptors (Lipinski definition) is 2. The molecule has 0 unspecified atom stereocenters. The Morgan fingerprint density at radius 1 is 1.40 bits per heavy atom. The summed E-state index contributed by atoms with van der Waals surface area (Å²) in [4.78, 5) is 12.7. The van der Waals surface area contributed by atoms with E-state index >= 15 is 0 Å². The third kappa shape index (κ3) is 4.29. The molecule has 1 saturated carbocycles. The summed E-state index contributed by atoms with van der Waals surface area (Å²) in [7, 11) is 0. The highest BCUT2D eigenvalue weighted by atomic mass is 19.4. The number of hydrogen-bond donors (Lipinski definition) is 1. The molecule has 1 fully saturated rings. The van der Waals surface area contributed by atoms with Gasteiger partial charge in [0.05, 0.1) is 0 Å². The molecule has 2 N–H and O–H groups in total. The van der Waals surface area contributed by atoms with Gasteiger partial charge in [-0.1, -0.05) is 12.1 Å². The maximum atomic E-state index is 12.4. The smallest absolute Gasteiger partial charge is 0.399 e. The average molecular weight is 284 g/mol. The molecule has 108 valence electrons. The molecule has 0 bridgehead atoms. The third-order valence-electron chi connectivity index (χ3n) is 2.95. The monoisotopic (exact) mass is 284 g/mol. The summed E-state index contributed by atoms with van der Waals surface area (Å²) in [5, 5.41) is 0. The summed E-state index contributed by atoms with van der Waals surface area (Å²) in [5.74, 6) is -0.618. The van der Waals surface area contributed by atoms with Crippen LogP contribution < -0.4 is 5.73 Å². The maximum absolute atomic E-state index is 12.4. The van der Waals surface area contributed by atoms with Crippen molar-refractivity contribution in [3.05, 3.63) is 35.9 Å². The maximum Gasteiger partial charge on any atom is 0.406 e. The van der Waals surface area contributed by atoms with Gasteiger partial charge in [-0.2, -0.15) is 13.2 Å². The number of nitrogens with two attached hydrogens (primary N) is 1. The summed E-state index contributed by atoms with van der Waals surface area (Å²) >= 11 is 0. The molecule has 6 heteroatoms. The Hall–Kier alpha value is -1.98. The van der Waals surface area contributed by atoms with Crippen molar-refractivity contribution in [2.45, 2.75) is 25.1 Å². The highest BCUT2D eigenvalue weighted by Crippen LogP contribution is 2.30. The van der Waals surface area contributed by atoms with Crippen molar-refractivity contribution in [3.8, 4) is 0 Å². The minimum Gasteiger partial charge on any atom is -0.399 e. The highest BCUT2D eigenvalue weighted by Gasteiger charge is 2.39. The minimum absolute atomic E-state index is 0.283. The summed E-state index contributed by atoms with van der Waals surface area (Å²) in [6.45, 7) is -1.20. The second-order valence-corrected chi connectivity index (χ2v) is 4.82. The average Bonchev–Trinajstić information content (AvgIpc) is 3.16. The molecule has 3 nitrogen and oxygen atoms in total. The van der Waals surface area contributed by atoms with E-state index in [4.69, 9.17) is 5.73 Å². The third-order valence-corrected chi connectivity index (χ3v) is 2.95. The molecule has 0 aromatic heterocycles. The van der Waals surface area contributed by atoms with Crippen molar-refractivity contribution in [2.24, 2.45) is 0 Å². The Balaban J connectivity index is 2.05. The zero-order valence-electron chi connectivity index (χ0n) is 10.7. The summed E-state index contributed by atoms with van der Waals surface area (Å²) in [5.41, 5.74) is 6.81. The van der Waals surface area contributed by atoms with Crippen LogP contribution in [0.3, 0.4) is 0 Å². The van der Waals surface area contributed by atoms with Crippen molar-refractivity contribution in [2.75, 3.05) is 12.3 Å². The van der Waals surface area contributed by atoms with Gasteiger partial charge < -0.3 is 10.6 Å². The topological polar surface area (TPSA) is 46.3 Å². The predicted molar refractivity (Wildman–Crippen MR) is 70.7 cm³/mol. The Morgan fingerprint density at radius 3 is 2.65 bits per heavy atom. The number of rotatable bonds is 4. The number of halogens is 3. The van der Waals surface area contributed by atoms with Crippen LogP contribution in [-0.2, 0) is 4.79 Å². The van der Waals surface area contributed by atoms with Crippen molar-refractivity contribution >= 4 is 17.7 Å². The van der Waals surface area contributed by atoms with Crippen LogP contribution in [0, 0.1) is 0 Å². The number of alkyl halides is 3. The van der Waals surface area contributed by atoms with E-state index < -0.39 is 18.6 Å². The summed E-state index contributed by atoms with van der Waals surface area (Å²) in [6, 6.07) is 6.50. The largest absolute Gasteiger partial charge is 0.406 e. The van der Waals surface area contributed by atoms with Gasteiger partial charge in [-0.15, -0.1) is 0 Å². The van der Waals surface area contributed by atoms with Crippen LogP contribution in [0.4, 0.5) is 18.9 Å². The van der Waals surface area contributed by atoms with Gasteiger partial charge in [0.15, 0.2) is 0 Å². The van der Waals surface area contributed by atoms with Gasteiger partial charge in [0.1, 0.15) is 6.54 Å². The molecule has 0 heterocycles. The van der Waals surface area contributed by atoms with E-state index in [0.29, 0.717) is 24.1 Å². The van der Waals surface area contributed by atoms with E-state index in [1.54, 1.807) is 24.3 Å². The van der Waals surface area contributed by atoms with Crippen LogP contribution in [0.5, 0.6) is 0 Å². The highest BCUT2D eigenvalue weighted by molar-refractivity contribution is 5.92. The lowest BCUT2D eigenvalue weighted by Crippen LogP contribution is -2.39. The second kappa shape index (κ2) is 5.56. The number of amides is 1. The molecule has 0 radical (unpaired) electrons. The molecule has 2 rings (SSSR count). The molecule has 0 saturated heterocycles. The number of carbonyl (C=O) groups is 1. The van der Waals surface area contributed by atoms with E-state index in [9.17, 15) is 18.0 Å². The van der Waals surface area contributed by atoms with E-state index in [2.05, 4.69) is 0 Å². The molecule has 0 atom stereocenters. The van der Waals surface area contributed by atoms with Crippen LogP contribution in [-0.4, -0.2) is 29.6 Å². The number of benzene rings is 1. The number of nitrogen functional groups attached to an aromatic ring is 1. The van der Waals surface area contributed by atoms with E-state index in [-0.39, 0.29) is 6.04 Å². The molecule has 1 aromatic carbocycles. The van der Waals surface area contributed by atoms with Crippen LogP contribution in [0.2, 0.25) is 0 Å².